The van der Waals surface area contributed by atoms with Crippen LogP contribution in [0.1, 0.15) is 30.3 Å². The quantitative estimate of drug-likeness (QED) is 0.860. The van der Waals surface area contributed by atoms with Gasteiger partial charge >= 0.3 is 6.18 Å². The van der Waals surface area contributed by atoms with Gasteiger partial charge in [-0.25, -0.2) is 18.7 Å². The summed E-state index contributed by atoms with van der Waals surface area (Å²) in [6.07, 6.45) is -3.90. The van der Waals surface area contributed by atoms with E-state index < -0.39 is 42.7 Å². The summed E-state index contributed by atoms with van der Waals surface area (Å²) in [5.41, 5.74) is 5.29. The Hall–Kier alpha value is -1.84. The maximum atomic E-state index is 13.1. The van der Waals surface area contributed by atoms with Crippen LogP contribution in [0, 0.1) is 0 Å². The average Bonchev–Trinajstić information content (AvgIpc) is 2.40. The van der Waals surface area contributed by atoms with Gasteiger partial charge in [-0.3, -0.25) is 9.69 Å². The third-order valence-electron chi connectivity index (χ3n) is 3.41. The lowest BCUT2D eigenvalue weighted by molar-refractivity contribution is -0.145. The summed E-state index contributed by atoms with van der Waals surface area (Å²) in [5.74, 6) is -5.01. The molecular weight excluding hydrogens is 311 g/mol. The number of nitrogens with two attached hydrogens (primary N) is 1. The monoisotopic (exact) mass is 324 g/mol. The van der Waals surface area contributed by atoms with E-state index in [0.29, 0.717) is 0 Å². The number of carbonyl (C=O) groups excluding carboxylic acids is 1. The molecule has 1 fully saturated rings. The molecule has 1 aromatic heterocycles. The molecule has 0 aromatic carbocycles. The minimum atomic E-state index is -4.70. The van der Waals surface area contributed by atoms with Gasteiger partial charge in [0.2, 0.25) is 11.7 Å². The highest BCUT2D eigenvalue weighted by atomic mass is 19.4. The van der Waals surface area contributed by atoms with Crippen molar-refractivity contribution in [1.29, 1.82) is 0 Å². The highest BCUT2D eigenvalue weighted by molar-refractivity contribution is 5.81. The van der Waals surface area contributed by atoms with Gasteiger partial charge in [-0.15, -0.1) is 0 Å². The molecule has 122 valence electrons. The molecule has 2 heterocycles. The number of aromatic nitrogens is 2. The molecular formula is C12H13F5N4O. The smallest absolute Gasteiger partial charge is 0.368 e. The van der Waals surface area contributed by atoms with Crippen molar-refractivity contribution in [3.05, 3.63) is 23.8 Å². The van der Waals surface area contributed by atoms with Crippen LogP contribution in [0.4, 0.5) is 22.0 Å². The molecule has 0 bridgehead atoms. The van der Waals surface area contributed by atoms with Gasteiger partial charge in [0.1, 0.15) is 6.04 Å². The van der Waals surface area contributed by atoms with Gasteiger partial charge in [-0.05, 0) is 0 Å². The Morgan fingerprint density at radius 2 is 1.73 bits per heavy atom. The first-order valence-corrected chi connectivity index (χ1v) is 6.40. The molecule has 1 saturated heterocycles. The number of nitrogens with zero attached hydrogens (tertiary/aromatic N) is 3. The Kier molecular flexibility index (Phi) is 4.32. The number of primary amides is 1. The van der Waals surface area contributed by atoms with Crippen molar-refractivity contribution in [1.82, 2.24) is 14.9 Å². The van der Waals surface area contributed by atoms with E-state index in [1.165, 1.54) is 4.90 Å². The van der Waals surface area contributed by atoms with E-state index in [0.717, 1.165) is 12.4 Å². The minimum Gasteiger partial charge on any atom is -0.368 e. The van der Waals surface area contributed by atoms with E-state index in [-0.39, 0.29) is 18.7 Å². The van der Waals surface area contributed by atoms with Gasteiger partial charge in [0.05, 0.1) is 0 Å². The number of piperidine rings is 1. The fourth-order valence-electron chi connectivity index (χ4n) is 2.29. The summed E-state index contributed by atoms with van der Waals surface area (Å²) in [4.78, 5) is 19.3. The normalized spacial score (nSPS) is 20.6. The number of carbonyl (C=O) groups is 1. The van der Waals surface area contributed by atoms with Crippen LogP contribution in [0.2, 0.25) is 0 Å². The number of amides is 1. The Labute approximate surface area is 122 Å². The van der Waals surface area contributed by atoms with Gasteiger partial charge in [0.15, 0.2) is 0 Å². The number of hydrogen-bond acceptors (Lipinski definition) is 4. The Balaban J connectivity index is 2.20. The van der Waals surface area contributed by atoms with Crippen LogP contribution < -0.4 is 5.73 Å². The molecule has 0 unspecified atom stereocenters. The van der Waals surface area contributed by atoms with E-state index in [2.05, 4.69) is 9.97 Å². The zero-order chi connectivity index (χ0) is 16.5. The highest BCUT2D eigenvalue weighted by Gasteiger charge is 2.39. The fraction of sp³-hybridized carbons (Fsp3) is 0.583. The second-order valence-corrected chi connectivity index (χ2v) is 5.03. The zero-order valence-corrected chi connectivity index (χ0v) is 11.3. The molecule has 1 amide bonds. The third kappa shape index (κ3) is 3.67. The van der Waals surface area contributed by atoms with Crippen molar-refractivity contribution in [2.45, 2.75) is 31.0 Å². The van der Waals surface area contributed by atoms with Crippen LogP contribution in [0.15, 0.2) is 12.4 Å². The number of hydrogen-bond donors (Lipinski definition) is 1. The number of alkyl halides is 5. The van der Waals surface area contributed by atoms with Crippen LogP contribution in [0.3, 0.4) is 0 Å². The van der Waals surface area contributed by atoms with Gasteiger partial charge < -0.3 is 5.73 Å². The van der Waals surface area contributed by atoms with E-state index in [9.17, 15) is 26.7 Å². The summed E-state index contributed by atoms with van der Waals surface area (Å²) >= 11 is 0. The first kappa shape index (κ1) is 16.5. The molecule has 1 aromatic rings. The molecule has 5 nitrogen and oxygen atoms in total. The van der Waals surface area contributed by atoms with Gasteiger partial charge in [-0.1, -0.05) is 0 Å². The molecule has 0 aliphatic carbocycles. The molecule has 2 N–H and O–H groups in total. The highest BCUT2D eigenvalue weighted by Crippen LogP contribution is 2.32. The van der Waals surface area contributed by atoms with Crippen LogP contribution in [-0.2, 0) is 11.0 Å². The topological polar surface area (TPSA) is 72.1 Å². The lowest BCUT2D eigenvalue weighted by atomic mass is 10.0. The maximum Gasteiger partial charge on any atom is 0.451 e. The van der Waals surface area contributed by atoms with Crippen molar-refractivity contribution in [3.8, 4) is 0 Å². The SMILES string of the molecule is NC(=O)[C@@H](c1cnc(C(F)(F)F)nc1)N1CCC(F)(F)CC1. The molecule has 1 atom stereocenters. The molecule has 2 rings (SSSR count). The number of rotatable bonds is 3. The zero-order valence-electron chi connectivity index (χ0n) is 11.3. The van der Waals surface area contributed by atoms with Crippen LogP contribution in [-0.4, -0.2) is 39.8 Å². The van der Waals surface area contributed by atoms with Gasteiger partial charge in [0.25, 0.3) is 5.92 Å². The Morgan fingerprint density at radius 1 is 1.23 bits per heavy atom. The van der Waals surface area contributed by atoms with E-state index in [1.54, 1.807) is 0 Å². The number of halogens is 5. The molecule has 0 saturated carbocycles. The fourth-order valence-corrected chi connectivity index (χ4v) is 2.29. The van der Waals surface area contributed by atoms with Gasteiger partial charge in [0, 0.05) is 43.9 Å². The van der Waals surface area contributed by atoms with Crippen LogP contribution in [0.5, 0.6) is 0 Å². The standard InChI is InChI=1S/C12H13F5N4O/c13-11(14)1-3-21(4-2-11)8(9(18)22)7-5-19-10(20-6-7)12(15,16)17/h5-6,8H,1-4H2,(H2,18,22)/t8-/m1/s1. The second kappa shape index (κ2) is 5.75. The first-order chi connectivity index (χ1) is 10.1. The van der Waals surface area contributed by atoms with Crippen LogP contribution >= 0.6 is 0 Å². The van der Waals surface area contributed by atoms with E-state index in [4.69, 9.17) is 5.73 Å². The van der Waals surface area contributed by atoms with E-state index in [1.807, 2.05) is 0 Å². The largest absolute Gasteiger partial charge is 0.451 e. The molecule has 0 spiro atoms. The molecule has 1 aliphatic rings. The Bertz CT molecular complexity index is 535. The Morgan fingerprint density at radius 3 is 2.14 bits per heavy atom. The third-order valence-corrected chi connectivity index (χ3v) is 3.41. The summed E-state index contributed by atoms with van der Waals surface area (Å²) in [6, 6.07) is -1.13. The summed E-state index contributed by atoms with van der Waals surface area (Å²) in [7, 11) is 0. The van der Waals surface area contributed by atoms with Crippen LogP contribution in [0.25, 0.3) is 0 Å². The van der Waals surface area contributed by atoms with Crippen molar-refractivity contribution >= 4 is 5.91 Å². The molecule has 10 heteroatoms. The summed E-state index contributed by atoms with van der Waals surface area (Å²) in [5, 5.41) is 0. The lowest BCUT2D eigenvalue weighted by Gasteiger charge is -2.35. The van der Waals surface area contributed by atoms with Crippen molar-refractivity contribution in [3.63, 3.8) is 0 Å². The maximum absolute atomic E-state index is 13.1. The average molecular weight is 324 g/mol. The molecule has 0 radical (unpaired) electrons. The minimum absolute atomic E-state index is 0.0470. The lowest BCUT2D eigenvalue weighted by Crippen LogP contribution is -2.45. The predicted octanol–water partition coefficient (Wildman–Crippen LogP) is 1.75. The van der Waals surface area contributed by atoms with Crippen molar-refractivity contribution in [2.75, 3.05) is 13.1 Å². The van der Waals surface area contributed by atoms with E-state index >= 15 is 0 Å². The molecule has 1 aliphatic heterocycles. The van der Waals surface area contributed by atoms with Crippen molar-refractivity contribution in [2.24, 2.45) is 5.73 Å². The molecule has 22 heavy (non-hydrogen) atoms. The summed E-state index contributed by atoms with van der Waals surface area (Å²) in [6.45, 7) is -0.191. The first-order valence-electron chi connectivity index (χ1n) is 6.40. The van der Waals surface area contributed by atoms with Gasteiger partial charge in [-0.2, -0.15) is 13.2 Å². The second-order valence-electron chi connectivity index (χ2n) is 5.03. The number of likely N-dealkylation sites (tertiary alicyclic amines) is 1. The summed E-state index contributed by atoms with van der Waals surface area (Å²) < 4.78 is 63.5. The predicted molar refractivity (Wildman–Crippen MR) is 64.7 cm³/mol. The van der Waals surface area contributed by atoms with Crippen molar-refractivity contribution < 1.29 is 26.7 Å².